The van der Waals surface area contributed by atoms with Crippen molar-refractivity contribution in [3.05, 3.63) is 19.8 Å². The van der Waals surface area contributed by atoms with E-state index in [-0.39, 0.29) is 5.41 Å². The Morgan fingerprint density at radius 1 is 1.62 bits per heavy atom. The summed E-state index contributed by atoms with van der Waals surface area (Å²) < 4.78 is 1.81. The van der Waals surface area contributed by atoms with Gasteiger partial charge in [-0.3, -0.25) is 0 Å². The highest BCUT2D eigenvalue weighted by Gasteiger charge is 2.18. The predicted molar refractivity (Wildman–Crippen MR) is 63.6 cm³/mol. The van der Waals surface area contributed by atoms with Crippen LogP contribution in [0.1, 0.15) is 18.7 Å². The van der Waals surface area contributed by atoms with Crippen LogP contribution in [0.2, 0.25) is 4.34 Å². The smallest absolute Gasteiger partial charge is 0.107 e. The highest BCUT2D eigenvalue weighted by atomic mass is 79.9. The van der Waals surface area contributed by atoms with Gasteiger partial charge in [-0.1, -0.05) is 25.4 Å². The standard InChI is InChI=1S/C9H13BrClNS/c1-9(2,5-12)4-6-3-7(10)8(11)13-6/h3H,4-5,12H2,1-2H3. The van der Waals surface area contributed by atoms with Crippen LogP contribution in [0.5, 0.6) is 0 Å². The number of hydrogen-bond donors (Lipinski definition) is 1. The topological polar surface area (TPSA) is 26.0 Å². The second-order valence-electron chi connectivity index (χ2n) is 3.88. The van der Waals surface area contributed by atoms with E-state index in [1.807, 2.05) is 0 Å². The lowest BCUT2D eigenvalue weighted by molar-refractivity contribution is 0.379. The van der Waals surface area contributed by atoms with Crippen LogP contribution in [-0.4, -0.2) is 6.54 Å². The SMILES string of the molecule is CC(C)(CN)Cc1cc(Br)c(Cl)s1. The Morgan fingerprint density at radius 2 is 2.23 bits per heavy atom. The first-order chi connectivity index (χ1) is 5.94. The summed E-state index contributed by atoms with van der Waals surface area (Å²) in [7, 11) is 0. The normalized spacial score (nSPS) is 12.1. The Labute approximate surface area is 96.4 Å². The molecule has 0 aliphatic rings. The van der Waals surface area contributed by atoms with Gasteiger partial charge in [-0.2, -0.15) is 0 Å². The van der Waals surface area contributed by atoms with Gasteiger partial charge >= 0.3 is 0 Å². The van der Waals surface area contributed by atoms with E-state index in [4.69, 9.17) is 17.3 Å². The zero-order valence-electron chi connectivity index (χ0n) is 7.73. The monoisotopic (exact) mass is 281 g/mol. The molecule has 0 atom stereocenters. The maximum Gasteiger partial charge on any atom is 0.107 e. The van der Waals surface area contributed by atoms with Crippen molar-refractivity contribution >= 4 is 38.9 Å². The lowest BCUT2D eigenvalue weighted by atomic mass is 9.89. The fourth-order valence-corrected chi connectivity index (χ4v) is 3.07. The summed E-state index contributed by atoms with van der Waals surface area (Å²) in [6.07, 6.45) is 0.986. The van der Waals surface area contributed by atoms with Gasteiger partial charge in [-0.05, 0) is 40.4 Å². The van der Waals surface area contributed by atoms with Gasteiger partial charge < -0.3 is 5.73 Å². The summed E-state index contributed by atoms with van der Waals surface area (Å²) in [5.74, 6) is 0. The first kappa shape index (κ1) is 11.5. The number of hydrogen-bond acceptors (Lipinski definition) is 2. The molecular formula is C9H13BrClNS. The van der Waals surface area contributed by atoms with E-state index in [1.54, 1.807) is 11.3 Å². The summed E-state index contributed by atoms with van der Waals surface area (Å²) in [6, 6.07) is 2.07. The molecule has 74 valence electrons. The molecule has 1 nitrogen and oxygen atoms in total. The molecule has 0 aromatic carbocycles. The molecule has 1 aromatic heterocycles. The van der Waals surface area contributed by atoms with Crippen molar-refractivity contribution in [2.45, 2.75) is 20.3 Å². The number of nitrogens with two attached hydrogens (primary N) is 1. The maximum atomic E-state index is 5.94. The summed E-state index contributed by atoms with van der Waals surface area (Å²) in [4.78, 5) is 1.28. The Bertz CT molecular complexity index is 276. The summed E-state index contributed by atoms with van der Waals surface area (Å²) in [6.45, 7) is 5.02. The molecule has 1 rings (SSSR count). The lowest BCUT2D eigenvalue weighted by Crippen LogP contribution is -2.25. The van der Waals surface area contributed by atoms with Gasteiger partial charge in [0.25, 0.3) is 0 Å². The second-order valence-corrected chi connectivity index (χ2v) is 6.47. The first-order valence-electron chi connectivity index (χ1n) is 4.08. The largest absolute Gasteiger partial charge is 0.330 e. The van der Waals surface area contributed by atoms with E-state index >= 15 is 0 Å². The van der Waals surface area contributed by atoms with Crippen molar-refractivity contribution < 1.29 is 0 Å². The van der Waals surface area contributed by atoms with E-state index in [2.05, 4.69) is 35.8 Å². The Kier molecular flexibility index (Phi) is 3.81. The third kappa shape index (κ3) is 3.24. The fourth-order valence-electron chi connectivity index (χ4n) is 1.02. The minimum atomic E-state index is 0.160. The van der Waals surface area contributed by atoms with Gasteiger partial charge in [0.15, 0.2) is 0 Å². The molecule has 13 heavy (non-hydrogen) atoms. The third-order valence-corrected chi connectivity index (χ3v) is 4.38. The molecule has 0 spiro atoms. The van der Waals surface area contributed by atoms with Crippen molar-refractivity contribution in [1.82, 2.24) is 0 Å². The highest BCUT2D eigenvalue weighted by molar-refractivity contribution is 9.10. The van der Waals surface area contributed by atoms with Crippen LogP contribution in [0.4, 0.5) is 0 Å². The molecule has 0 amide bonds. The maximum absolute atomic E-state index is 5.94. The first-order valence-corrected chi connectivity index (χ1v) is 6.07. The molecule has 0 unspecified atom stereocenters. The van der Waals surface area contributed by atoms with Crippen LogP contribution < -0.4 is 5.73 Å². The number of thiophene rings is 1. The van der Waals surface area contributed by atoms with Gasteiger partial charge in [-0.25, -0.2) is 0 Å². The van der Waals surface area contributed by atoms with Crippen molar-refractivity contribution in [3.8, 4) is 0 Å². The molecule has 1 aromatic rings. The summed E-state index contributed by atoms with van der Waals surface area (Å²) in [5.41, 5.74) is 5.82. The molecule has 0 aliphatic heterocycles. The van der Waals surface area contributed by atoms with Crippen LogP contribution >= 0.6 is 38.9 Å². The molecule has 0 fully saturated rings. The van der Waals surface area contributed by atoms with Gasteiger partial charge in [0.1, 0.15) is 4.34 Å². The van der Waals surface area contributed by atoms with E-state index in [0.29, 0.717) is 6.54 Å². The minimum Gasteiger partial charge on any atom is -0.330 e. The Hall–Kier alpha value is 0.430. The van der Waals surface area contributed by atoms with Gasteiger partial charge in [0.2, 0.25) is 0 Å². The molecule has 1 heterocycles. The van der Waals surface area contributed by atoms with Crippen LogP contribution in [0.15, 0.2) is 10.5 Å². The molecule has 4 heteroatoms. The van der Waals surface area contributed by atoms with E-state index in [9.17, 15) is 0 Å². The zero-order chi connectivity index (χ0) is 10.1. The molecule has 2 N–H and O–H groups in total. The van der Waals surface area contributed by atoms with Crippen molar-refractivity contribution in [2.75, 3.05) is 6.54 Å². The van der Waals surface area contributed by atoms with Gasteiger partial charge in [0.05, 0.1) is 0 Å². The average molecular weight is 283 g/mol. The zero-order valence-corrected chi connectivity index (χ0v) is 10.9. The van der Waals surface area contributed by atoms with E-state index in [0.717, 1.165) is 15.2 Å². The number of rotatable bonds is 3. The summed E-state index contributed by atoms with van der Waals surface area (Å²) >= 11 is 11.0. The molecular weight excluding hydrogens is 270 g/mol. The second kappa shape index (κ2) is 4.30. The average Bonchev–Trinajstić information content (AvgIpc) is 2.30. The van der Waals surface area contributed by atoms with Crippen LogP contribution in [-0.2, 0) is 6.42 Å². The highest BCUT2D eigenvalue weighted by Crippen LogP contribution is 2.35. The van der Waals surface area contributed by atoms with Crippen LogP contribution in [0.3, 0.4) is 0 Å². The van der Waals surface area contributed by atoms with E-state index < -0.39 is 0 Å². The Morgan fingerprint density at radius 3 is 2.62 bits per heavy atom. The van der Waals surface area contributed by atoms with Crippen molar-refractivity contribution in [3.63, 3.8) is 0 Å². The third-order valence-electron chi connectivity index (χ3n) is 1.90. The van der Waals surface area contributed by atoms with Crippen molar-refractivity contribution in [2.24, 2.45) is 11.1 Å². The molecule has 0 saturated carbocycles. The van der Waals surface area contributed by atoms with Crippen LogP contribution in [0.25, 0.3) is 0 Å². The fraction of sp³-hybridized carbons (Fsp3) is 0.556. The molecule has 0 radical (unpaired) electrons. The molecule has 0 bridgehead atoms. The predicted octanol–water partition coefficient (Wildman–Crippen LogP) is 3.69. The Balaban J connectivity index is 2.75. The lowest BCUT2D eigenvalue weighted by Gasteiger charge is -2.20. The van der Waals surface area contributed by atoms with Crippen LogP contribution in [0, 0.1) is 5.41 Å². The van der Waals surface area contributed by atoms with Crippen molar-refractivity contribution in [1.29, 1.82) is 0 Å². The number of halogens is 2. The summed E-state index contributed by atoms with van der Waals surface area (Å²) in [5, 5.41) is 0. The molecule has 0 aliphatic carbocycles. The minimum absolute atomic E-state index is 0.160. The molecule has 0 saturated heterocycles. The van der Waals surface area contributed by atoms with Gasteiger partial charge in [-0.15, -0.1) is 11.3 Å². The van der Waals surface area contributed by atoms with E-state index in [1.165, 1.54) is 4.88 Å². The van der Waals surface area contributed by atoms with Gasteiger partial charge in [0, 0.05) is 9.35 Å². The quantitative estimate of drug-likeness (QED) is 0.899.